The van der Waals surface area contributed by atoms with Crippen molar-refractivity contribution in [1.82, 2.24) is 25.1 Å². The molecule has 0 bridgehead atoms. The Hall–Kier alpha value is -4.31. The molecule has 1 aliphatic rings. The molecule has 1 saturated heterocycles. The molecule has 10 heteroatoms. The van der Waals surface area contributed by atoms with E-state index in [-0.39, 0.29) is 30.3 Å². The number of nitrogens with zero attached hydrogens (tertiary/aromatic N) is 4. The van der Waals surface area contributed by atoms with Gasteiger partial charge in [0.25, 0.3) is 0 Å². The fourth-order valence-electron chi connectivity index (χ4n) is 4.42. The van der Waals surface area contributed by atoms with Crippen LogP contribution in [0, 0.1) is 0 Å². The number of urea groups is 1. The van der Waals surface area contributed by atoms with Crippen LogP contribution in [0.1, 0.15) is 31.9 Å². The second-order valence-corrected chi connectivity index (χ2v) is 9.52. The molecule has 0 aromatic heterocycles. The van der Waals surface area contributed by atoms with Gasteiger partial charge in [-0.2, -0.15) is 0 Å². The summed E-state index contributed by atoms with van der Waals surface area (Å²) in [5.41, 5.74) is 2.04. The summed E-state index contributed by atoms with van der Waals surface area (Å²) in [6.45, 7) is 10.1. The van der Waals surface area contributed by atoms with Gasteiger partial charge in [-0.3, -0.25) is 9.59 Å². The Balaban J connectivity index is 0.000000432. The smallest absolute Gasteiger partial charge is 0.334 e. The highest BCUT2D eigenvalue weighted by molar-refractivity contribution is 5.82. The number of likely N-dealkylation sites (N-methyl/N-ethyl adjacent to an activating group) is 2. The maximum absolute atomic E-state index is 12.9. The summed E-state index contributed by atoms with van der Waals surface area (Å²) in [5, 5.41) is 15.7. The fraction of sp³-hybridized carbons (Fsp3) is 0.367. The zero-order valence-electron chi connectivity index (χ0n) is 24.0. The third kappa shape index (κ3) is 9.46. The van der Waals surface area contributed by atoms with Gasteiger partial charge in [-0.1, -0.05) is 49.0 Å². The lowest BCUT2D eigenvalue weighted by atomic mass is 10.0. The number of hydrazine groups is 1. The van der Waals surface area contributed by atoms with Crippen LogP contribution in [0.15, 0.2) is 79.3 Å². The molecule has 2 atom stereocenters. The first-order valence-electron chi connectivity index (χ1n) is 13.1. The van der Waals surface area contributed by atoms with Crippen molar-refractivity contribution in [3.8, 4) is 5.75 Å². The van der Waals surface area contributed by atoms with Crippen molar-refractivity contribution in [2.75, 3.05) is 27.2 Å². The number of allylic oxidation sites excluding steroid dienone is 1. The summed E-state index contributed by atoms with van der Waals surface area (Å²) in [6, 6.07) is 16.4. The van der Waals surface area contributed by atoms with Crippen LogP contribution in [0.5, 0.6) is 5.75 Å². The molecule has 4 amide bonds. The van der Waals surface area contributed by atoms with Crippen LogP contribution in [-0.2, 0) is 27.3 Å². The number of hydrogen-bond acceptors (Lipinski definition) is 6. The minimum atomic E-state index is -0.413. The molecular weight excluding hydrogens is 510 g/mol. The number of rotatable bonds is 10. The number of benzene rings is 2. The van der Waals surface area contributed by atoms with Gasteiger partial charge in [0.1, 0.15) is 17.7 Å². The lowest BCUT2D eigenvalue weighted by Gasteiger charge is -2.48. The highest BCUT2D eigenvalue weighted by Gasteiger charge is 2.39. The monoisotopic (exact) mass is 551 g/mol. The van der Waals surface area contributed by atoms with Crippen molar-refractivity contribution in [3.05, 3.63) is 90.4 Å². The van der Waals surface area contributed by atoms with Crippen molar-refractivity contribution >= 4 is 18.3 Å². The topological polar surface area (TPSA) is 106 Å². The number of carbonyl (C=O) groups is 3. The second-order valence-electron chi connectivity index (χ2n) is 9.52. The lowest BCUT2D eigenvalue weighted by molar-refractivity contribution is -0.165. The third-order valence-corrected chi connectivity index (χ3v) is 6.36. The van der Waals surface area contributed by atoms with Gasteiger partial charge in [-0.05, 0) is 56.5 Å². The van der Waals surface area contributed by atoms with Crippen LogP contribution < -0.4 is 5.32 Å². The number of nitrogens with one attached hydrogen (secondary N) is 1. The van der Waals surface area contributed by atoms with Gasteiger partial charge in [-0.25, -0.2) is 14.8 Å². The van der Waals surface area contributed by atoms with Crippen molar-refractivity contribution < 1.29 is 24.2 Å². The number of carbonyl (C=O) groups excluding carboxylic acids is 3. The molecule has 1 fully saturated rings. The molecule has 1 heterocycles. The molecule has 1 aliphatic heterocycles. The van der Waals surface area contributed by atoms with Gasteiger partial charge in [0.15, 0.2) is 0 Å². The van der Waals surface area contributed by atoms with Crippen LogP contribution >= 0.6 is 0 Å². The first-order chi connectivity index (χ1) is 19.1. The number of phenolic OH excluding ortho intramolecular Hbond substituents is 1. The van der Waals surface area contributed by atoms with E-state index in [1.54, 1.807) is 47.2 Å². The number of hydrogen-bond donors (Lipinski definition) is 2. The maximum Gasteiger partial charge on any atom is 0.334 e. The number of amides is 4. The standard InChI is InChI=1S/C22H28N4O3.C8H13NO2/c1-16(13-18-9-11-20(27)12-10-18)25-17(2)26(24(3)15-21(25)28)22(29)23-14-19-7-5-4-6-8-19;1-4-8(11-5-2)6-9(3)7-10/h4-12,16-17,27H,13-15H2,1-3H3,(H,23,29);4-5,7H,2,6H2,1,3H3/b;8-4-/t16?,17-;/m0./s1. The molecule has 0 aliphatic carbocycles. The Morgan fingerprint density at radius 3 is 2.42 bits per heavy atom. The second kappa shape index (κ2) is 15.9. The molecule has 3 rings (SSSR count). The van der Waals surface area contributed by atoms with E-state index in [2.05, 4.69) is 11.9 Å². The van der Waals surface area contributed by atoms with E-state index >= 15 is 0 Å². The molecule has 1 unspecified atom stereocenters. The van der Waals surface area contributed by atoms with Gasteiger partial charge < -0.3 is 25.0 Å². The Morgan fingerprint density at radius 1 is 1.20 bits per heavy atom. The van der Waals surface area contributed by atoms with Crippen LogP contribution in [0.3, 0.4) is 0 Å². The van der Waals surface area contributed by atoms with Crippen molar-refractivity contribution in [2.24, 2.45) is 0 Å². The number of phenols is 1. The average Bonchev–Trinajstić information content (AvgIpc) is 2.93. The Bertz CT molecular complexity index is 1140. The van der Waals surface area contributed by atoms with Crippen LogP contribution in [-0.4, -0.2) is 82.7 Å². The van der Waals surface area contributed by atoms with Crippen molar-refractivity contribution in [2.45, 2.75) is 45.9 Å². The molecule has 0 spiro atoms. The first-order valence-corrected chi connectivity index (χ1v) is 13.1. The van der Waals surface area contributed by atoms with Crippen LogP contribution in [0.2, 0.25) is 0 Å². The zero-order valence-corrected chi connectivity index (χ0v) is 24.0. The van der Waals surface area contributed by atoms with E-state index in [0.717, 1.165) is 23.3 Å². The van der Waals surface area contributed by atoms with E-state index in [1.807, 2.05) is 63.2 Å². The average molecular weight is 552 g/mol. The summed E-state index contributed by atoms with van der Waals surface area (Å²) in [6.07, 6.45) is 4.11. The van der Waals surface area contributed by atoms with E-state index in [0.29, 0.717) is 19.5 Å². The van der Waals surface area contributed by atoms with Gasteiger partial charge in [-0.15, -0.1) is 0 Å². The molecule has 2 aromatic rings. The summed E-state index contributed by atoms with van der Waals surface area (Å²) >= 11 is 0. The highest BCUT2D eigenvalue weighted by atomic mass is 16.5. The maximum atomic E-state index is 12.9. The van der Waals surface area contributed by atoms with E-state index in [1.165, 1.54) is 11.2 Å². The minimum Gasteiger partial charge on any atom is -0.508 e. The zero-order chi connectivity index (χ0) is 29.7. The molecule has 10 nitrogen and oxygen atoms in total. The van der Waals surface area contributed by atoms with Crippen LogP contribution in [0.25, 0.3) is 0 Å². The highest BCUT2D eigenvalue weighted by Crippen LogP contribution is 2.21. The molecular formula is C30H41N5O5. The largest absolute Gasteiger partial charge is 0.508 e. The normalized spacial score (nSPS) is 16.4. The van der Waals surface area contributed by atoms with Gasteiger partial charge >= 0.3 is 6.03 Å². The van der Waals surface area contributed by atoms with E-state index in [9.17, 15) is 19.5 Å². The fourth-order valence-corrected chi connectivity index (χ4v) is 4.42. The predicted octanol–water partition coefficient (Wildman–Crippen LogP) is 3.71. The van der Waals surface area contributed by atoms with Crippen molar-refractivity contribution in [3.63, 3.8) is 0 Å². The quantitative estimate of drug-likeness (QED) is 0.345. The van der Waals surface area contributed by atoms with Crippen LogP contribution in [0.4, 0.5) is 4.79 Å². The summed E-state index contributed by atoms with van der Waals surface area (Å²) in [5.74, 6) is 0.916. The molecule has 40 heavy (non-hydrogen) atoms. The lowest BCUT2D eigenvalue weighted by Crippen LogP contribution is -2.68. The molecule has 0 saturated carbocycles. The number of ether oxygens (including phenoxy) is 1. The minimum absolute atomic E-state index is 0.0154. The molecule has 216 valence electrons. The van der Waals surface area contributed by atoms with E-state index < -0.39 is 6.17 Å². The Kier molecular flexibility index (Phi) is 12.7. The van der Waals surface area contributed by atoms with Crippen molar-refractivity contribution in [1.29, 1.82) is 0 Å². The predicted molar refractivity (Wildman–Crippen MR) is 154 cm³/mol. The summed E-state index contributed by atoms with van der Waals surface area (Å²) in [4.78, 5) is 39.0. The van der Waals surface area contributed by atoms with Gasteiger partial charge in [0, 0.05) is 26.7 Å². The molecule has 0 radical (unpaired) electrons. The first kappa shape index (κ1) is 31.9. The van der Waals surface area contributed by atoms with E-state index in [4.69, 9.17) is 4.74 Å². The van der Waals surface area contributed by atoms with Gasteiger partial charge in [0.05, 0.1) is 19.4 Å². The Labute approximate surface area is 237 Å². The molecule has 2 aromatic carbocycles. The molecule has 2 N–H and O–H groups in total. The SMILES string of the molecule is C=CO/C(=C\C)CN(C)C=O.CC(Cc1ccc(O)cc1)N1C(=O)CN(C)N(C(=O)NCc2ccccc2)[C@H]1C. The van der Waals surface area contributed by atoms with Gasteiger partial charge in [0.2, 0.25) is 12.3 Å². The Morgan fingerprint density at radius 2 is 1.85 bits per heavy atom. The summed E-state index contributed by atoms with van der Waals surface area (Å²) in [7, 11) is 3.43. The summed E-state index contributed by atoms with van der Waals surface area (Å²) < 4.78 is 4.99. The number of aromatic hydroxyl groups is 1. The third-order valence-electron chi connectivity index (χ3n) is 6.36.